The number of hydrogen-bond donors (Lipinski definition) is 1. The summed E-state index contributed by atoms with van der Waals surface area (Å²) in [5, 5.41) is 12.7. The van der Waals surface area contributed by atoms with Crippen molar-refractivity contribution < 1.29 is 0 Å². The molecule has 0 bridgehead atoms. The molecule has 18 heavy (non-hydrogen) atoms. The molecule has 0 spiro atoms. The summed E-state index contributed by atoms with van der Waals surface area (Å²) in [6.45, 7) is 5.94. The summed E-state index contributed by atoms with van der Waals surface area (Å²) in [6.07, 6.45) is 0. The Bertz CT molecular complexity index is 554. The van der Waals surface area contributed by atoms with E-state index in [0.29, 0.717) is 11.5 Å². The van der Waals surface area contributed by atoms with Gasteiger partial charge in [-0.3, -0.25) is 0 Å². The molecule has 0 aliphatic carbocycles. The number of benzene rings is 1. The Morgan fingerprint density at radius 2 is 1.83 bits per heavy atom. The maximum atomic E-state index is 6.02. The van der Waals surface area contributed by atoms with Gasteiger partial charge in [-0.2, -0.15) is 10.2 Å². The molecule has 2 N–H and O–H groups in total. The molecule has 0 saturated heterocycles. The highest BCUT2D eigenvalue weighted by atomic mass is 15.3. The molecule has 0 aliphatic heterocycles. The van der Waals surface area contributed by atoms with Crippen molar-refractivity contribution in [2.45, 2.75) is 26.8 Å². The van der Waals surface area contributed by atoms with Crippen molar-refractivity contribution in [1.82, 2.24) is 9.78 Å². The smallest absolute Gasteiger partial charge is 0.150 e. The summed E-state index contributed by atoms with van der Waals surface area (Å²) in [5.74, 6) is 0.558. The van der Waals surface area contributed by atoms with Gasteiger partial charge in [-0.25, -0.2) is 4.68 Å². The highest BCUT2D eigenvalue weighted by molar-refractivity contribution is 5.61. The molecular formula is C13H17N5. The Labute approximate surface area is 106 Å². The Balaban J connectivity index is 2.33. The number of nitrogens with two attached hydrogens (primary N) is 1. The predicted octanol–water partition coefficient (Wildman–Crippen LogP) is 3.77. The molecule has 94 valence electrons. The Hall–Kier alpha value is -2.17. The summed E-state index contributed by atoms with van der Waals surface area (Å²) in [6, 6.07) is 9.77. The second-order valence-electron chi connectivity index (χ2n) is 4.39. The standard InChI is InChI=1S/C13H17N5/c1-9(2)18-13(14)12(10(3)17-18)16-15-11-7-5-4-6-8-11/h4-9H,14H2,1-3H3. The number of nitrogen functional groups attached to an aromatic ring is 1. The Morgan fingerprint density at radius 3 is 2.39 bits per heavy atom. The molecule has 1 heterocycles. The van der Waals surface area contributed by atoms with E-state index < -0.39 is 0 Å². The molecule has 1 aromatic carbocycles. The fourth-order valence-corrected chi connectivity index (χ4v) is 1.68. The van der Waals surface area contributed by atoms with Gasteiger partial charge in [0.2, 0.25) is 0 Å². The van der Waals surface area contributed by atoms with Crippen LogP contribution in [0.5, 0.6) is 0 Å². The van der Waals surface area contributed by atoms with Crippen LogP contribution in [0.15, 0.2) is 40.6 Å². The topological polar surface area (TPSA) is 68.6 Å². The minimum Gasteiger partial charge on any atom is -0.382 e. The van der Waals surface area contributed by atoms with Crippen molar-refractivity contribution in [1.29, 1.82) is 0 Å². The van der Waals surface area contributed by atoms with Crippen molar-refractivity contribution in [2.75, 3.05) is 5.73 Å². The molecule has 5 nitrogen and oxygen atoms in total. The van der Waals surface area contributed by atoms with Crippen LogP contribution in [-0.4, -0.2) is 9.78 Å². The Kier molecular flexibility index (Phi) is 3.41. The molecule has 5 heteroatoms. The third kappa shape index (κ3) is 2.40. The van der Waals surface area contributed by atoms with Crippen molar-refractivity contribution in [3.05, 3.63) is 36.0 Å². The lowest BCUT2D eigenvalue weighted by Gasteiger charge is -2.06. The van der Waals surface area contributed by atoms with E-state index >= 15 is 0 Å². The fraction of sp³-hybridized carbons (Fsp3) is 0.308. The van der Waals surface area contributed by atoms with E-state index in [1.807, 2.05) is 51.1 Å². The van der Waals surface area contributed by atoms with Gasteiger partial charge in [0, 0.05) is 6.04 Å². The number of nitrogens with zero attached hydrogens (tertiary/aromatic N) is 4. The number of aryl methyl sites for hydroxylation is 1. The summed E-state index contributed by atoms with van der Waals surface area (Å²) in [4.78, 5) is 0. The summed E-state index contributed by atoms with van der Waals surface area (Å²) in [7, 11) is 0. The zero-order valence-electron chi connectivity index (χ0n) is 10.8. The first kappa shape index (κ1) is 12.3. The summed E-state index contributed by atoms with van der Waals surface area (Å²) < 4.78 is 1.76. The van der Waals surface area contributed by atoms with Gasteiger partial charge in [-0.1, -0.05) is 18.2 Å². The lowest BCUT2D eigenvalue weighted by molar-refractivity contribution is 0.537. The van der Waals surface area contributed by atoms with E-state index in [9.17, 15) is 0 Å². The van der Waals surface area contributed by atoms with Gasteiger partial charge in [0.25, 0.3) is 0 Å². The van der Waals surface area contributed by atoms with E-state index in [4.69, 9.17) is 5.73 Å². The van der Waals surface area contributed by atoms with Crippen molar-refractivity contribution in [3.63, 3.8) is 0 Å². The van der Waals surface area contributed by atoms with Gasteiger partial charge in [-0.15, -0.1) is 5.11 Å². The first-order chi connectivity index (χ1) is 8.59. The molecule has 2 aromatic rings. The Morgan fingerprint density at radius 1 is 1.17 bits per heavy atom. The molecule has 0 saturated carbocycles. The minimum atomic E-state index is 0.212. The minimum absolute atomic E-state index is 0.212. The third-order valence-electron chi connectivity index (χ3n) is 2.60. The van der Waals surface area contributed by atoms with E-state index in [-0.39, 0.29) is 6.04 Å². The van der Waals surface area contributed by atoms with Gasteiger partial charge in [0.05, 0.1) is 11.4 Å². The van der Waals surface area contributed by atoms with Crippen molar-refractivity contribution in [3.8, 4) is 0 Å². The fourth-order valence-electron chi connectivity index (χ4n) is 1.68. The maximum Gasteiger partial charge on any atom is 0.150 e. The molecule has 0 atom stereocenters. The highest BCUT2D eigenvalue weighted by Gasteiger charge is 2.13. The lowest BCUT2D eigenvalue weighted by Crippen LogP contribution is -2.06. The van der Waals surface area contributed by atoms with Gasteiger partial charge >= 0.3 is 0 Å². The molecule has 0 aliphatic rings. The predicted molar refractivity (Wildman–Crippen MR) is 72.4 cm³/mol. The average molecular weight is 243 g/mol. The third-order valence-corrected chi connectivity index (χ3v) is 2.60. The molecule has 0 unspecified atom stereocenters. The van der Waals surface area contributed by atoms with Gasteiger partial charge in [0.15, 0.2) is 5.69 Å². The van der Waals surface area contributed by atoms with Gasteiger partial charge < -0.3 is 5.73 Å². The van der Waals surface area contributed by atoms with Crippen molar-refractivity contribution >= 4 is 17.2 Å². The lowest BCUT2D eigenvalue weighted by atomic mass is 10.3. The first-order valence-electron chi connectivity index (χ1n) is 5.91. The van der Waals surface area contributed by atoms with Crippen LogP contribution in [0, 0.1) is 6.92 Å². The van der Waals surface area contributed by atoms with Crippen LogP contribution in [0.4, 0.5) is 17.2 Å². The van der Waals surface area contributed by atoms with Crippen molar-refractivity contribution in [2.24, 2.45) is 10.2 Å². The van der Waals surface area contributed by atoms with Gasteiger partial charge in [-0.05, 0) is 32.9 Å². The molecular weight excluding hydrogens is 226 g/mol. The summed E-state index contributed by atoms with van der Waals surface area (Å²) >= 11 is 0. The quantitative estimate of drug-likeness (QED) is 0.833. The molecule has 0 fully saturated rings. The highest BCUT2D eigenvalue weighted by Crippen LogP contribution is 2.29. The van der Waals surface area contributed by atoms with Crippen LogP contribution in [0.2, 0.25) is 0 Å². The number of rotatable bonds is 3. The van der Waals surface area contributed by atoms with Crippen LogP contribution >= 0.6 is 0 Å². The second kappa shape index (κ2) is 5.00. The normalized spacial score (nSPS) is 11.6. The number of aromatic nitrogens is 2. The molecule has 0 amide bonds. The van der Waals surface area contributed by atoms with Crippen LogP contribution in [0.3, 0.4) is 0 Å². The number of hydrogen-bond acceptors (Lipinski definition) is 4. The molecule has 0 radical (unpaired) electrons. The first-order valence-corrected chi connectivity index (χ1v) is 5.91. The summed E-state index contributed by atoms with van der Waals surface area (Å²) in [5.41, 5.74) is 8.25. The van der Waals surface area contributed by atoms with E-state index in [1.165, 1.54) is 0 Å². The van der Waals surface area contributed by atoms with Crippen LogP contribution in [-0.2, 0) is 0 Å². The molecule has 1 aromatic heterocycles. The van der Waals surface area contributed by atoms with E-state index in [1.54, 1.807) is 4.68 Å². The van der Waals surface area contributed by atoms with E-state index in [0.717, 1.165) is 11.4 Å². The molecule has 2 rings (SSSR count). The zero-order valence-corrected chi connectivity index (χ0v) is 10.8. The number of azo groups is 1. The maximum absolute atomic E-state index is 6.02. The van der Waals surface area contributed by atoms with Crippen LogP contribution in [0.25, 0.3) is 0 Å². The van der Waals surface area contributed by atoms with Crippen LogP contribution in [0.1, 0.15) is 25.6 Å². The SMILES string of the molecule is Cc1nn(C(C)C)c(N)c1N=Nc1ccccc1. The second-order valence-corrected chi connectivity index (χ2v) is 4.39. The van der Waals surface area contributed by atoms with Crippen LogP contribution < -0.4 is 5.73 Å². The van der Waals surface area contributed by atoms with E-state index in [2.05, 4.69) is 15.3 Å². The largest absolute Gasteiger partial charge is 0.382 e. The average Bonchev–Trinajstić information content (AvgIpc) is 2.64. The monoisotopic (exact) mass is 243 g/mol. The van der Waals surface area contributed by atoms with Gasteiger partial charge in [0.1, 0.15) is 5.82 Å². The number of anilines is 1. The zero-order chi connectivity index (χ0) is 13.1.